The Balaban J connectivity index is 1.63. The van der Waals surface area contributed by atoms with Crippen LogP contribution in [-0.4, -0.2) is 38.4 Å². The Morgan fingerprint density at radius 3 is 2.30 bits per heavy atom. The average Bonchev–Trinajstić information content (AvgIpc) is 3.19. The molecule has 0 aromatic heterocycles. The van der Waals surface area contributed by atoms with Crippen LogP contribution in [0.4, 0.5) is 0 Å². The lowest BCUT2D eigenvalue weighted by Gasteiger charge is -2.15. The molecule has 0 bridgehead atoms. The van der Waals surface area contributed by atoms with E-state index in [1.54, 1.807) is 26.8 Å². The van der Waals surface area contributed by atoms with Gasteiger partial charge in [0.25, 0.3) is 5.91 Å². The number of sulfonamides is 1. The number of likely N-dealkylation sites (tertiary alicyclic amines) is 1. The van der Waals surface area contributed by atoms with E-state index in [-0.39, 0.29) is 16.8 Å². The Hall–Kier alpha value is -2.22. The fraction of sp³-hybridized carbons (Fsp3) is 0.435. The molecule has 2 aromatic rings. The summed E-state index contributed by atoms with van der Waals surface area (Å²) in [5, 5.41) is 2.90. The van der Waals surface area contributed by atoms with Crippen molar-refractivity contribution in [3.8, 4) is 0 Å². The number of carbonyl (C=O) groups excluding carboxylic acids is 1. The van der Waals surface area contributed by atoms with Gasteiger partial charge in [-0.1, -0.05) is 30.3 Å². The SMILES string of the molecule is Cc1ccc(S(=O)(=O)NC(C)C)cc1C(=O)NCc1ccc(CN2CCCC2)cc1. The van der Waals surface area contributed by atoms with Crippen molar-refractivity contribution >= 4 is 15.9 Å². The van der Waals surface area contributed by atoms with Gasteiger partial charge in [0.15, 0.2) is 0 Å². The van der Waals surface area contributed by atoms with Gasteiger partial charge in [-0.15, -0.1) is 0 Å². The third kappa shape index (κ3) is 5.90. The Morgan fingerprint density at radius 2 is 1.67 bits per heavy atom. The van der Waals surface area contributed by atoms with Gasteiger partial charge in [-0.2, -0.15) is 0 Å². The Morgan fingerprint density at radius 1 is 1.03 bits per heavy atom. The van der Waals surface area contributed by atoms with Crippen LogP contribution in [-0.2, 0) is 23.1 Å². The third-order valence-electron chi connectivity index (χ3n) is 5.24. The topological polar surface area (TPSA) is 78.5 Å². The Kier molecular flexibility index (Phi) is 7.28. The number of aryl methyl sites for hydroxylation is 1. The monoisotopic (exact) mass is 429 g/mol. The minimum atomic E-state index is -3.65. The summed E-state index contributed by atoms with van der Waals surface area (Å²) in [6.07, 6.45) is 2.55. The van der Waals surface area contributed by atoms with Crippen molar-refractivity contribution in [3.63, 3.8) is 0 Å². The summed E-state index contributed by atoms with van der Waals surface area (Å²) in [6, 6.07) is 12.7. The molecule has 2 N–H and O–H groups in total. The molecule has 7 heteroatoms. The zero-order chi connectivity index (χ0) is 21.7. The lowest BCUT2D eigenvalue weighted by atomic mass is 10.1. The molecule has 6 nitrogen and oxygen atoms in total. The van der Waals surface area contributed by atoms with Crippen molar-refractivity contribution in [2.45, 2.75) is 57.6 Å². The van der Waals surface area contributed by atoms with Crippen molar-refractivity contribution in [1.29, 1.82) is 0 Å². The fourth-order valence-electron chi connectivity index (χ4n) is 3.63. The zero-order valence-corrected chi connectivity index (χ0v) is 18.8. The largest absolute Gasteiger partial charge is 0.348 e. The van der Waals surface area contributed by atoms with Crippen LogP contribution in [0, 0.1) is 6.92 Å². The van der Waals surface area contributed by atoms with Gasteiger partial charge < -0.3 is 5.32 Å². The maximum atomic E-state index is 12.7. The van der Waals surface area contributed by atoms with Crippen LogP contribution < -0.4 is 10.0 Å². The molecule has 0 aliphatic carbocycles. The van der Waals surface area contributed by atoms with E-state index in [4.69, 9.17) is 0 Å². The van der Waals surface area contributed by atoms with Crippen LogP contribution in [0.2, 0.25) is 0 Å². The number of nitrogens with one attached hydrogen (secondary N) is 2. The highest BCUT2D eigenvalue weighted by molar-refractivity contribution is 7.89. The predicted molar refractivity (Wildman–Crippen MR) is 119 cm³/mol. The number of amides is 1. The first-order valence-electron chi connectivity index (χ1n) is 10.5. The summed E-state index contributed by atoms with van der Waals surface area (Å²) in [5.74, 6) is -0.282. The van der Waals surface area contributed by atoms with E-state index in [1.807, 2.05) is 12.1 Å². The maximum absolute atomic E-state index is 12.7. The molecule has 1 heterocycles. The minimum absolute atomic E-state index is 0.0956. The van der Waals surface area contributed by atoms with Gasteiger partial charge in [0, 0.05) is 24.7 Å². The van der Waals surface area contributed by atoms with E-state index in [9.17, 15) is 13.2 Å². The molecule has 0 radical (unpaired) electrons. The van der Waals surface area contributed by atoms with Crippen LogP contribution in [0.3, 0.4) is 0 Å². The molecule has 2 aromatic carbocycles. The van der Waals surface area contributed by atoms with E-state index < -0.39 is 10.0 Å². The van der Waals surface area contributed by atoms with Crippen LogP contribution in [0.1, 0.15) is 53.7 Å². The first-order valence-corrected chi connectivity index (χ1v) is 11.9. The van der Waals surface area contributed by atoms with E-state index in [0.29, 0.717) is 12.1 Å². The molecule has 1 fully saturated rings. The van der Waals surface area contributed by atoms with Crippen molar-refractivity contribution in [1.82, 2.24) is 14.9 Å². The standard InChI is InChI=1S/C23H31N3O3S/c1-17(2)25-30(28,29)21-11-6-18(3)22(14-21)23(27)24-15-19-7-9-20(10-8-19)16-26-12-4-5-13-26/h6-11,14,17,25H,4-5,12-13,15-16H2,1-3H3,(H,24,27). The normalized spacial score (nSPS) is 14.9. The van der Waals surface area contributed by atoms with Crippen LogP contribution in [0.5, 0.6) is 0 Å². The van der Waals surface area contributed by atoms with E-state index in [1.165, 1.54) is 43.6 Å². The van der Waals surface area contributed by atoms with Gasteiger partial charge in [-0.25, -0.2) is 13.1 Å². The van der Waals surface area contributed by atoms with Gasteiger partial charge in [0.2, 0.25) is 10.0 Å². The smallest absolute Gasteiger partial charge is 0.251 e. The zero-order valence-electron chi connectivity index (χ0n) is 17.9. The van der Waals surface area contributed by atoms with Gasteiger partial charge in [-0.3, -0.25) is 9.69 Å². The molecule has 3 rings (SSSR count). The minimum Gasteiger partial charge on any atom is -0.348 e. The number of rotatable bonds is 8. The van der Waals surface area contributed by atoms with Crippen molar-refractivity contribution in [2.24, 2.45) is 0 Å². The van der Waals surface area contributed by atoms with E-state index in [2.05, 4.69) is 27.1 Å². The number of benzene rings is 2. The highest BCUT2D eigenvalue weighted by atomic mass is 32.2. The summed E-state index contributed by atoms with van der Waals surface area (Å²) in [5.41, 5.74) is 3.39. The van der Waals surface area contributed by atoms with Crippen molar-refractivity contribution in [2.75, 3.05) is 13.1 Å². The molecule has 1 saturated heterocycles. The first kappa shape index (κ1) is 22.5. The van der Waals surface area contributed by atoms with Crippen molar-refractivity contribution < 1.29 is 13.2 Å². The van der Waals surface area contributed by atoms with Gasteiger partial charge >= 0.3 is 0 Å². The quantitative estimate of drug-likeness (QED) is 0.675. The third-order valence-corrected chi connectivity index (χ3v) is 6.89. The molecular weight excluding hydrogens is 398 g/mol. The molecule has 0 spiro atoms. The van der Waals surface area contributed by atoms with Crippen LogP contribution in [0.15, 0.2) is 47.4 Å². The summed E-state index contributed by atoms with van der Waals surface area (Å²) in [7, 11) is -3.65. The second-order valence-electron chi connectivity index (χ2n) is 8.24. The number of nitrogens with zero attached hydrogens (tertiary/aromatic N) is 1. The second-order valence-corrected chi connectivity index (χ2v) is 9.95. The van der Waals surface area contributed by atoms with Crippen LogP contribution in [0.25, 0.3) is 0 Å². The van der Waals surface area contributed by atoms with Gasteiger partial charge in [-0.05, 0) is 75.5 Å². The lowest BCUT2D eigenvalue weighted by molar-refractivity contribution is 0.0950. The summed E-state index contributed by atoms with van der Waals surface area (Å²) in [6.45, 7) is 9.01. The molecule has 30 heavy (non-hydrogen) atoms. The lowest BCUT2D eigenvalue weighted by Crippen LogP contribution is -2.30. The fourth-order valence-corrected chi connectivity index (χ4v) is 4.91. The summed E-state index contributed by atoms with van der Waals surface area (Å²) < 4.78 is 27.4. The number of carbonyl (C=O) groups is 1. The summed E-state index contributed by atoms with van der Waals surface area (Å²) >= 11 is 0. The molecule has 1 aliphatic rings. The molecule has 0 atom stereocenters. The molecule has 0 saturated carbocycles. The Bertz CT molecular complexity index is 979. The average molecular weight is 430 g/mol. The van der Waals surface area contributed by atoms with Crippen molar-refractivity contribution in [3.05, 3.63) is 64.7 Å². The first-order chi connectivity index (χ1) is 14.2. The molecular formula is C23H31N3O3S. The number of hydrogen-bond donors (Lipinski definition) is 2. The summed E-state index contributed by atoms with van der Waals surface area (Å²) in [4.78, 5) is 15.3. The molecule has 1 aliphatic heterocycles. The second kappa shape index (κ2) is 9.73. The number of hydrogen-bond acceptors (Lipinski definition) is 4. The highest BCUT2D eigenvalue weighted by Crippen LogP contribution is 2.17. The molecule has 162 valence electrons. The predicted octanol–water partition coefficient (Wildman–Crippen LogP) is 3.21. The maximum Gasteiger partial charge on any atom is 0.251 e. The van der Waals surface area contributed by atoms with E-state index >= 15 is 0 Å². The van der Waals surface area contributed by atoms with E-state index in [0.717, 1.165) is 17.7 Å². The van der Waals surface area contributed by atoms with Crippen LogP contribution >= 0.6 is 0 Å². The molecule has 0 unspecified atom stereocenters. The highest BCUT2D eigenvalue weighted by Gasteiger charge is 2.19. The van der Waals surface area contributed by atoms with Gasteiger partial charge in [0.05, 0.1) is 4.90 Å². The Labute approximate surface area is 179 Å². The van der Waals surface area contributed by atoms with Gasteiger partial charge in [0.1, 0.15) is 0 Å². The molecule has 1 amide bonds.